The Labute approximate surface area is 242 Å². The number of methoxy groups -OCH3 is 1. The minimum Gasteiger partial charge on any atom is -0.491 e. The summed E-state index contributed by atoms with van der Waals surface area (Å²) in [5.41, 5.74) is 7.11. The fraction of sp³-hybridized carbons (Fsp3) is 0.294. The van der Waals surface area contributed by atoms with Crippen molar-refractivity contribution in [2.24, 2.45) is 0 Å². The molecule has 1 N–H and O–H groups in total. The van der Waals surface area contributed by atoms with Gasteiger partial charge in [-0.25, -0.2) is 0 Å². The lowest BCUT2D eigenvalue weighted by Gasteiger charge is -2.23. The lowest BCUT2D eigenvalue weighted by molar-refractivity contribution is 0.0754. The number of nitrogens with one attached hydrogen (secondary N) is 1. The van der Waals surface area contributed by atoms with Crippen molar-refractivity contribution in [3.8, 4) is 5.75 Å². The molecule has 0 unspecified atom stereocenters. The van der Waals surface area contributed by atoms with E-state index in [0.29, 0.717) is 45.0 Å². The molecule has 3 aromatic carbocycles. The molecule has 5 rings (SSSR count). The maximum atomic E-state index is 13.2. The fourth-order valence-electron chi connectivity index (χ4n) is 5.06. The van der Waals surface area contributed by atoms with Gasteiger partial charge in [0.1, 0.15) is 12.4 Å². The molecule has 0 fully saturated rings. The number of hydrogen-bond donors (Lipinski definition) is 1. The van der Waals surface area contributed by atoms with E-state index in [1.54, 1.807) is 7.11 Å². The van der Waals surface area contributed by atoms with E-state index in [1.807, 2.05) is 60.8 Å². The van der Waals surface area contributed by atoms with Crippen LogP contribution in [0.3, 0.4) is 0 Å². The maximum Gasteiger partial charge on any atom is 0.251 e. The first-order valence-electron chi connectivity index (χ1n) is 14.1. The van der Waals surface area contributed by atoms with Crippen molar-refractivity contribution in [2.75, 3.05) is 33.5 Å². The second kappa shape index (κ2) is 14.6. The second-order valence-corrected chi connectivity index (χ2v) is 10.2. The van der Waals surface area contributed by atoms with Gasteiger partial charge in [0.2, 0.25) is 0 Å². The Morgan fingerprint density at radius 2 is 1.78 bits per heavy atom. The zero-order valence-electron chi connectivity index (χ0n) is 23.6. The van der Waals surface area contributed by atoms with Gasteiger partial charge < -0.3 is 19.5 Å². The van der Waals surface area contributed by atoms with Gasteiger partial charge >= 0.3 is 0 Å². The van der Waals surface area contributed by atoms with Crippen LogP contribution < -0.4 is 10.1 Å². The number of hydrogen-bond acceptors (Lipinski definition) is 6. The van der Waals surface area contributed by atoms with Crippen molar-refractivity contribution < 1.29 is 19.0 Å². The summed E-state index contributed by atoms with van der Waals surface area (Å²) < 4.78 is 17.4. The molecular formula is C34H37N3O4. The third-order valence-electron chi connectivity index (χ3n) is 7.12. The van der Waals surface area contributed by atoms with Crippen LogP contribution in [-0.4, -0.2) is 49.3 Å². The van der Waals surface area contributed by atoms with Crippen LogP contribution in [0.4, 0.5) is 0 Å². The van der Waals surface area contributed by atoms with Gasteiger partial charge in [-0.2, -0.15) is 0 Å². The molecule has 0 saturated carbocycles. The van der Waals surface area contributed by atoms with Gasteiger partial charge in [-0.3, -0.25) is 14.7 Å². The highest BCUT2D eigenvalue weighted by Crippen LogP contribution is 2.25. The van der Waals surface area contributed by atoms with E-state index in [2.05, 4.69) is 45.5 Å². The Morgan fingerprint density at radius 3 is 2.63 bits per heavy atom. The van der Waals surface area contributed by atoms with E-state index in [9.17, 15) is 4.79 Å². The molecule has 7 heteroatoms. The van der Waals surface area contributed by atoms with Crippen LogP contribution in [-0.2, 0) is 42.1 Å². The van der Waals surface area contributed by atoms with Gasteiger partial charge in [-0.1, -0.05) is 54.6 Å². The van der Waals surface area contributed by atoms with Crippen LogP contribution in [0.25, 0.3) is 0 Å². The molecule has 1 amide bonds. The molecule has 2 heterocycles. The smallest absolute Gasteiger partial charge is 0.251 e. The molecule has 0 aliphatic carbocycles. The van der Waals surface area contributed by atoms with Crippen LogP contribution >= 0.6 is 0 Å². The van der Waals surface area contributed by atoms with Crippen LogP contribution in [0, 0.1) is 0 Å². The molecule has 212 valence electrons. The summed E-state index contributed by atoms with van der Waals surface area (Å²) in [5, 5.41) is 3.07. The predicted octanol–water partition coefficient (Wildman–Crippen LogP) is 5.16. The number of rotatable bonds is 7. The van der Waals surface area contributed by atoms with Gasteiger partial charge in [0.15, 0.2) is 0 Å². The number of nitrogens with zero attached hydrogens (tertiary/aromatic N) is 2. The molecule has 41 heavy (non-hydrogen) atoms. The van der Waals surface area contributed by atoms with Gasteiger partial charge in [0, 0.05) is 51.5 Å². The average Bonchev–Trinajstić information content (AvgIpc) is 2.99. The lowest BCUT2D eigenvalue weighted by Crippen LogP contribution is -2.28. The van der Waals surface area contributed by atoms with Crippen molar-refractivity contribution in [1.29, 1.82) is 0 Å². The van der Waals surface area contributed by atoms with Gasteiger partial charge in [-0.05, 0) is 58.1 Å². The highest BCUT2D eigenvalue weighted by Gasteiger charge is 2.14. The van der Waals surface area contributed by atoms with Gasteiger partial charge in [0.25, 0.3) is 5.91 Å². The second-order valence-electron chi connectivity index (χ2n) is 10.2. The van der Waals surface area contributed by atoms with Gasteiger partial charge in [0.05, 0.1) is 25.5 Å². The van der Waals surface area contributed by atoms with E-state index in [-0.39, 0.29) is 5.91 Å². The molecule has 1 aromatic heterocycles. The molecule has 0 atom stereocenters. The number of aromatic nitrogens is 1. The monoisotopic (exact) mass is 551 g/mol. The zero-order chi connectivity index (χ0) is 28.3. The first-order valence-corrected chi connectivity index (χ1v) is 14.1. The van der Waals surface area contributed by atoms with Crippen LogP contribution in [0.5, 0.6) is 5.75 Å². The minimum absolute atomic E-state index is 0.123. The number of benzene rings is 3. The minimum atomic E-state index is -0.123. The molecule has 2 bridgehead atoms. The first-order chi connectivity index (χ1) is 20.2. The van der Waals surface area contributed by atoms with Crippen molar-refractivity contribution >= 4 is 5.91 Å². The van der Waals surface area contributed by atoms with Crippen LogP contribution in [0.1, 0.15) is 43.9 Å². The fourth-order valence-corrected chi connectivity index (χ4v) is 5.06. The largest absolute Gasteiger partial charge is 0.491 e. The highest BCUT2D eigenvalue weighted by molar-refractivity contribution is 5.94. The lowest BCUT2D eigenvalue weighted by atomic mass is 9.99. The first kappa shape index (κ1) is 28.5. The predicted molar refractivity (Wildman–Crippen MR) is 159 cm³/mol. The summed E-state index contributed by atoms with van der Waals surface area (Å²) in [6, 6.07) is 28.3. The van der Waals surface area contributed by atoms with E-state index in [4.69, 9.17) is 14.2 Å². The van der Waals surface area contributed by atoms with E-state index in [0.717, 1.165) is 47.8 Å². The van der Waals surface area contributed by atoms with Crippen molar-refractivity contribution in [2.45, 2.75) is 32.7 Å². The van der Waals surface area contributed by atoms with E-state index in [1.165, 1.54) is 11.1 Å². The van der Waals surface area contributed by atoms with Crippen LogP contribution in [0.2, 0.25) is 0 Å². The summed E-state index contributed by atoms with van der Waals surface area (Å²) in [5.74, 6) is 0.650. The highest BCUT2D eigenvalue weighted by atomic mass is 16.5. The Bertz CT molecular complexity index is 1430. The number of fused-ring (bicyclic) bond motifs is 3. The van der Waals surface area contributed by atoms with Gasteiger partial charge in [-0.15, -0.1) is 0 Å². The number of amides is 1. The molecular weight excluding hydrogens is 514 g/mol. The molecule has 4 aromatic rings. The van der Waals surface area contributed by atoms with E-state index >= 15 is 0 Å². The zero-order valence-corrected chi connectivity index (χ0v) is 23.6. The summed E-state index contributed by atoms with van der Waals surface area (Å²) in [6.07, 6.45) is 2.49. The normalized spacial score (nSPS) is 14.4. The third kappa shape index (κ3) is 8.24. The summed E-state index contributed by atoms with van der Waals surface area (Å²) in [7, 11) is 1.67. The molecule has 1 aliphatic heterocycles. The number of carbonyl (C=O) groups excluding carboxylic acids is 1. The summed E-state index contributed by atoms with van der Waals surface area (Å²) in [4.78, 5) is 20.0. The van der Waals surface area contributed by atoms with Crippen molar-refractivity contribution in [3.63, 3.8) is 0 Å². The topological polar surface area (TPSA) is 72.9 Å². The van der Waals surface area contributed by atoms with Crippen molar-refractivity contribution in [1.82, 2.24) is 15.2 Å². The van der Waals surface area contributed by atoms with Crippen LogP contribution in [0.15, 0.2) is 91.1 Å². The number of pyridine rings is 1. The SMILES string of the molecule is COCc1ccccc1CNC(=O)c1ccc2c(c1)Cc1cccc(c1)CN(Cc1ccccn1)CCOCCO2. The molecule has 1 aliphatic rings. The number of carbonyl (C=O) groups is 1. The van der Waals surface area contributed by atoms with Crippen molar-refractivity contribution in [3.05, 3.63) is 130 Å². The summed E-state index contributed by atoms with van der Waals surface area (Å²) in [6.45, 7) is 4.82. The molecule has 0 saturated heterocycles. The maximum absolute atomic E-state index is 13.2. The molecule has 0 spiro atoms. The average molecular weight is 552 g/mol. The Hall–Kier alpha value is -4.04. The molecule has 0 radical (unpaired) electrons. The Morgan fingerprint density at radius 1 is 0.927 bits per heavy atom. The van der Waals surface area contributed by atoms with E-state index < -0.39 is 0 Å². The third-order valence-corrected chi connectivity index (χ3v) is 7.12. The Kier molecular flexibility index (Phi) is 10.1. The molecule has 7 nitrogen and oxygen atoms in total. The summed E-state index contributed by atoms with van der Waals surface area (Å²) >= 11 is 0. The quantitative estimate of drug-likeness (QED) is 0.342. The standard InChI is InChI=1S/C34H37N3O4/c1-39-25-30-10-3-2-9-29(30)22-36-34(38)28-12-13-33-31(21-28)20-26-7-6-8-27(19-26)23-37(15-16-40-17-18-41-33)24-32-11-4-5-14-35-32/h2-14,19,21H,15-18,20,22-25H2,1H3,(H,36,38). The number of ether oxygens (including phenoxy) is 3. The Balaban J connectivity index is 1.33.